The van der Waals surface area contributed by atoms with E-state index >= 15 is 0 Å². The van der Waals surface area contributed by atoms with Crippen LogP contribution in [0.2, 0.25) is 0 Å². The summed E-state index contributed by atoms with van der Waals surface area (Å²) in [5, 5.41) is 10.8. The molecule has 0 aliphatic carbocycles. The number of hydrogen-bond donors (Lipinski definition) is 0. The second-order valence-corrected chi connectivity index (χ2v) is 4.67. The molecule has 0 spiro atoms. The number of esters is 1. The summed E-state index contributed by atoms with van der Waals surface area (Å²) in [6, 6.07) is 10.1. The van der Waals surface area contributed by atoms with Crippen molar-refractivity contribution in [2.24, 2.45) is 0 Å². The minimum atomic E-state index is -0.639. The lowest BCUT2D eigenvalue weighted by atomic mass is 10.2. The summed E-state index contributed by atoms with van der Waals surface area (Å²) in [6.07, 6.45) is 0. The first-order chi connectivity index (χ1) is 11.5. The Morgan fingerprint density at radius 2 is 1.75 bits per heavy atom. The Balaban J connectivity index is 2.21. The quantitative estimate of drug-likeness (QED) is 0.333. The fourth-order valence-electron chi connectivity index (χ4n) is 2.00. The Morgan fingerprint density at radius 1 is 1.04 bits per heavy atom. The largest absolute Gasteiger partial charge is 0.490 e. The van der Waals surface area contributed by atoms with E-state index < -0.39 is 10.9 Å². The van der Waals surface area contributed by atoms with Crippen LogP contribution >= 0.6 is 0 Å². The zero-order valence-electron chi connectivity index (χ0n) is 13.4. The molecule has 0 bridgehead atoms. The molecule has 0 aliphatic rings. The van der Waals surface area contributed by atoms with Crippen molar-refractivity contribution >= 4 is 11.7 Å². The summed E-state index contributed by atoms with van der Waals surface area (Å²) in [6.45, 7) is 4.56. The van der Waals surface area contributed by atoms with E-state index in [2.05, 4.69) is 0 Å². The van der Waals surface area contributed by atoms with Crippen LogP contribution in [0, 0.1) is 10.1 Å². The number of non-ortho nitro benzene ring substituents is 1. The van der Waals surface area contributed by atoms with Gasteiger partial charge in [-0.05, 0) is 38.1 Å². The van der Waals surface area contributed by atoms with Crippen molar-refractivity contribution in [2.45, 2.75) is 13.8 Å². The van der Waals surface area contributed by atoms with Gasteiger partial charge < -0.3 is 14.2 Å². The topological polar surface area (TPSA) is 87.9 Å². The maximum Gasteiger partial charge on any atom is 0.343 e. The molecule has 0 fully saturated rings. The second kappa shape index (κ2) is 7.96. The van der Waals surface area contributed by atoms with Gasteiger partial charge >= 0.3 is 5.97 Å². The van der Waals surface area contributed by atoms with Gasteiger partial charge in [-0.2, -0.15) is 0 Å². The van der Waals surface area contributed by atoms with E-state index in [1.165, 1.54) is 30.3 Å². The molecule has 2 aromatic carbocycles. The third-order valence-electron chi connectivity index (χ3n) is 3.02. The van der Waals surface area contributed by atoms with Gasteiger partial charge in [0.15, 0.2) is 11.5 Å². The summed E-state index contributed by atoms with van der Waals surface area (Å²) in [5.41, 5.74) is 0.107. The molecule has 0 N–H and O–H groups in total. The van der Waals surface area contributed by atoms with Gasteiger partial charge in [-0.15, -0.1) is 0 Å². The first-order valence-corrected chi connectivity index (χ1v) is 7.41. The zero-order valence-corrected chi connectivity index (χ0v) is 13.4. The Labute approximate surface area is 138 Å². The minimum absolute atomic E-state index is 0.0982. The summed E-state index contributed by atoms with van der Waals surface area (Å²) in [7, 11) is 0. The van der Waals surface area contributed by atoms with E-state index in [0.717, 1.165) is 0 Å². The van der Waals surface area contributed by atoms with Gasteiger partial charge in [0.2, 0.25) is 0 Å². The predicted octanol–water partition coefficient (Wildman–Crippen LogP) is 3.61. The van der Waals surface area contributed by atoms with Crippen molar-refractivity contribution in [3.05, 3.63) is 58.1 Å². The molecule has 0 unspecified atom stereocenters. The zero-order chi connectivity index (χ0) is 17.5. The Hall–Kier alpha value is -3.09. The highest BCUT2D eigenvalue weighted by Crippen LogP contribution is 2.29. The van der Waals surface area contributed by atoms with Crippen LogP contribution in [0.25, 0.3) is 0 Å². The molecule has 24 heavy (non-hydrogen) atoms. The number of carbonyl (C=O) groups excluding carboxylic acids is 1. The number of nitro groups is 1. The van der Waals surface area contributed by atoms with Crippen LogP contribution in [-0.2, 0) is 0 Å². The van der Waals surface area contributed by atoms with Crippen LogP contribution in [0.5, 0.6) is 17.2 Å². The maximum absolute atomic E-state index is 12.2. The molecule has 7 heteroatoms. The maximum atomic E-state index is 12.2. The van der Waals surface area contributed by atoms with Crippen LogP contribution < -0.4 is 14.2 Å². The number of benzene rings is 2. The van der Waals surface area contributed by atoms with Gasteiger partial charge in [0, 0.05) is 6.07 Å². The third-order valence-corrected chi connectivity index (χ3v) is 3.02. The molecular weight excluding hydrogens is 314 g/mol. The highest BCUT2D eigenvalue weighted by Gasteiger charge is 2.15. The monoisotopic (exact) mass is 331 g/mol. The fourth-order valence-corrected chi connectivity index (χ4v) is 2.00. The van der Waals surface area contributed by atoms with Crippen molar-refractivity contribution in [3.8, 4) is 17.2 Å². The molecule has 0 saturated carbocycles. The molecule has 126 valence electrons. The average Bonchev–Trinajstić information content (AvgIpc) is 2.57. The molecule has 0 aromatic heterocycles. The lowest BCUT2D eigenvalue weighted by molar-refractivity contribution is -0.384. The third kappa shape index (κ3) is 4.22. The van der Waals surface area contributed by atoms with Crippen molar-refractivity contribution in [3.63, 3.8) is 0 Å². The summed E-state index contributed by atoms with van der Waals surface area (Å²) in [4.78, 5) is 22.4. The molecule has 0 amide bonds. The summed E-state index contributed by atoms with van der Waals surface area (Å²) in [5.74, 6) is 0.430. The average molecular weight is 331 g/mol. The van der Waals surface area contributed by atoms with Crippen molar-refractivity contribution < 1.29 is 23.9 Å². The molecule has 0 aliphatic heterocycles. The van der Waals surface area contributed by atoms with Crippen LogP contribution in [0.4, 0.5) is 5.69 Å². The van der Waals surface area contributed by atoms with Crippen molar-refractivity contribution in [2.75, 3.05) is 13.2 Å². The number of hydrogen-bond acceptors (Lipinski definition) is 6. The number of nitro benzene ring substituents is 1. The van der Waals surface area contributed by atoms with E-state index in [-0.39, 0.29) is 17.0 Å². The normalized spacial score (nSPS) is 10.1. The Bertz CT molecular complexity index is 744. The first-order valence-electron chi connectivity index (χ1n) is 7.41. The molecular formula is C17H17NO6. The molecule has 2 rings (SSSR count). The number of carbonyl (C=O) groups is 1. The van der Waals surface area contributed by atoms with E-state index in [9.17, 15) is 14.9 Å². The summed E-state index contributed by atoms with van der Waals surface area (Å²) >= 11 is 0. The van der Waals surface area contributed by atoms with E-state index in [1.54, 1.807) is 12.1 Å². The Morgan fingerprint density at radius 3 is 2.42 bits per heavy atom. The van der Waals surface area contributed by atoms with E-state index in [1.807, 2.05) is 13.8 Å². The predicted molar refractivity (Wildman–Crippen MR) is 86.8 cm³/mol. The molecule has 0 saturated heterocycles. The molecule has 0 heterocycles. The molecule has 7 nitrogen and oxygen atoms in total. The van der Waals surface area contributed by atoms with E-state index in [4.69, 9.17) is 14.2 Å². The number of nitrogens with zero attached hydrogens (tertiary/aromatic N) is 1. The highest BCUT2D eigenvalue weighted by atomic mass is 16.6. The van der Waals surface area contributed by atoms with Crippen LogP contribution in [-0.4, -0.2) is 24.1 Å². The molecule has 0 atom stereocenters. The number of ether oxygens (including phenoxy) is 3. The summed E-state index contributed by atoms with van der Waals surface area (Å²) < 4.78 is 16.1. The molecule has 2 aromatic rings. The van der Waals surface area contributed by atoms with Crippen LogP contribution in [0.3, 0.4) is 0 Å². The van der Waals surface area contributed by atoms with Gasteiger partial charge in [-0.1, -0.05) is 6.07 Å². The lowest BCUT2D eigenvalue weighted by Gasteiger charge is -2.12. The SMILES string of the molecule is CCOc1ccc(C(=O)Oc2cccc([N+](=O)[O-])c2)cc1OCC. The Kier molecular flexibility index (Phi) is 5.73. The van der Waals surface area contributed by atoms with Crippen molar-refractivity contribution in [1.82, 2.24) is 0 Å². The fraction of sp³-hybridized carbons (Fsp3) is 0.235. The van der Waals surface area contributed by atoms with Crippen LogP contribution in [0.1, 0.15) is 24.2 Å². The van der Waals surface area contributed by atoms with Gasteiger partial charge in [0.25, 0.3) is 5.69 Å². The first kappa shape index (κ1) is 17.3. The number of rotatable bonds is 7. The van der Waals surface area contributed by atoms with E-state index in [0.29, 0.717) is 24.7 Å². The van der Waals surface area contributed by atoms with Gasteiger partial charge in [0.1, 0.15) is 5.75 Å². The van der Waals surface area contributed by atoms with Crippen LogP contribution in [0.15, 0.2) is 42.5 Å². The second-order valence-electron chi connectivity index (χ2n) is 4.67. The highest BCUT2D eigenvalue weighted by molar-refractivity contribution is 5.91. The lowest BCUT2D eigenvalue weighted by Crippen LogP contribution is -2.09. The minimum Gasteiger partial charge on any atom is -0.490 e. The molecule has 0 radical (unpaired) electrons. The van der Waals surface area contributed by atoms with Crippen molar-refractivity contribution in [1.29, 1.82) is 0 Å². The van der Waals surface area contributed by atoms with Gasteiger partial charge in [0.05, 0.1) is 29.8 Å². The standard InChI is InChI=1S/C17H17NO6/c1-3-22-15-9-8-12(10-16(15)23-4-2)17(19)24-14-7-5-6-13(11-14)18(20)21/h5-11H,3-4H2,1-2H3. The van der Waals surface area contributed by atoms with Gasteiger partial charge in [-0.3, -0.25) is 10.1 Å². The van der Waals surface area contributed by atoms with Gasteiger partial charge in [-0.25, -0.2) is 4.79 Å². The smallest absolute Gasteiger partial charge is 0.343 e.